The first-order chi connectivity index (χ1) is 11.3. The maximum absolute atomic E-state index is 13.2. The highest BCUT2D eigenvalue weighted by atomic mass is 19.2. The zero-order valence-electron chi connectivity index (χ0n) is 13.3. The molecule has 2 rings (SSSR count). The van der Waals surface area contributed by atoms with E-state index < -0.39 is 35.4 Å². The third-order valence-corrected chi connectivity index (χ3v) is 3.97. The van der Waals surface area contributed by atoms with Crippen molar-refractivity contribution < 1.29 is 27.9 Å². The average Bonchev–Trinajstić information content (AvgIpc) is 2.68. The number of aliphatic hydroxyl groups is 1. The number of carbonyl (C=O) groups is 2. The second kappa shape index (κ2) is 7.65. The SMILES string of the molecule is CN(Cc1cc(F)c(F)c(F)c1)C(=O)CN1CCCCC(O)C1=O. The number of likely N-dealkylation sites (tertiary alicyclic amines) is 1. The van der Waals surface area contributed by atoms with Crippen LogP contribution in [0.15, 0.2) is 12.1 Å². The van der Waals surface area contributed by atoms with E-state index in [9.17, 15) is 27.9 Å². The van der Waals surface area contributed by atoms with Crippen LogP contribution in [0.2, 0.25) is 0 Å². The van der Waals surface area contributed by atoms with Crippen molar-refractivity contribution in [3.05, 3.63) is 35.1 Å². The molecule has 1 unspecified atom stereocenters. The summed E-state index contributed by atoms with van der Waals surface area (Å²) >= 11 is 0. The summed E-state index contributed by atoms with van der Waals surface area (Å²) in [4.78, 5) is 26.6. The van der Waals surface area contributed by atoms with E-state index in [1.54, 1.807) is 0 Å². The van der Waals surface area contributed by atoms with Gasteiger partial charge in [-0.05, 0) is 37.0 Å². The van der Waals surface area contributed by atoms with Crippen LogP contribution in [0.3, 0.4) is 0 Å². The quantitative estimate of drug-likeness (QED) is 0.841. The molecule has 2 amide bonds. The fourth-order valence-corrected chi connectivity index (χ4v) is 2.59. The van der Waals surface area contributed by atoms with Gasteiger partial charge in [0.25, 0.3) is 5.91 Å². The number of benzene rings is 1. The van der Waals surface area contributed by atoms with Gasteiger partial charge in [-0.2, -0.15) is 0 Å². The lowest BCUT2D eigenvalue weighted by atomic mass is 10.2. The van der Waals surface area contributed by atoms with Crippen molar-refractivity contribution in [3.8, 4) is 0 Å². The van der Waals surface area contributed by atoms with Gasteiger partial charge in [0.2, 0.25) is 5.91 Å². The molecule has 1 fully saturated rings. The highest BCUT2D eigenvalue weighted by Crippen LogP contribution is 2.16. The van der Waals surface area contributed by atoms with E-state index in [-0.39, 0.29) is 18.7 Å². The van der Waals surface area contributed by atoms with Gasteiger partial charge >= 0.3 is 0 Å². The Kier molecular flexibility index (Phi) is 5.82. The molecular weight excluding hydrogens is 325 g/mol. The van der Waals surface area contributed by atoms with Crippen LogP contribution < -0.4 is 0 Å². The lowest BCUT2D eigenvalue weighted by Gasteiger charge is -2.25. The molecule has 0 saturated carbocycles. The minimum atomic E-state index is -1.56. The van der Waals surface area contributed by atoms with Crippen LogP contribution in [0, 0.1) is 17.5 Å². The fraction of sp³-hybridized carbons (Fsp3) is 0.500. The summed E-state index contributed by atoms with van der Waals surface area (Å²) in [6, 6.07) is 1.64. The van der Waals surface area contributed by atoms with E-state index in [1.807, 2.05) is 0 Å². The second-order valence-electron chi connectivity index (χ2n) is 5.89. The van der Waals surface area contributed by atoms with Crippen LogP contribution in [0.4, 0.5) is 13.2 Å². The minimum Gasteiger partial charge on any atom is -0.383 e. The lowest BCUT2D eigenvalue weighted by Crippen LogP contribution is -2.44. The van der Waals surface area contributed by atoms with Gasteiger partial charge in [0.05, 0.1) is 6.54 Å². The van der Waals surface area contributed by atoms with Gasteiger partial charge in [0, 0.05) is 20.1 Å². The molecule has 1 N–H and O–H groups in total. The zero-order valence-corrected chi connectivity index (χ0v) is 13.3. The largest absolute Gasteiger partial charge is 0.383 e. The number of halogens is 3. The lowest BCUT2D eigenvalue weighted by molar-refractivity contribution is -0.145. The first kappa shape index (κ1) is 18.3. The molecular formula is C16H19F3N2O3. The van der Waals surface area contributed by atoms with E-state index in [2.05, 4.69) is 0 Å². The van der Waals surface area contributed by atoms with E-state index in [0.717, 1.165) is 12.1 Å². The van der Waals surface area contributed by atoms with E-state index >= 15 is 0 Å². The summed E-state index contributed by atoms with van der Waals surface area (Å²) in [5.74, 6) is -5.14. The van der Waals surface area contributed by atoms with Crippen LogP contribution in [0.1, 0.15) is 24.8 Å². The molecule has 0 bridgehead atoms. The maximum Gasteiger partial charge on any atom is 0.251 e. The van der Waals surface area contributed by atoms with Gasteiger partial charge in [-0.3, -0.25) is 9.59 Å². The van der Waals surface area contributed by atoms with Crippen molar-refractivity contribution in [1.82, 2.24) is 9.80 Å². The van der Waals surface area contributed by atoms with Crippen molar-refractivity contribution in [3.63, 3.8) is 0 Å². The van der Waals surface area contributed by atoms with E-state index in [1.165, 1.54) is 16.8 Å². The Morgan fingerprint density at radius 2 is 1.92 bits per heavy atom. The number of amides is 2. The van der Waals surface area contributed by atoms with Crippen molar-refractivity contribution in [2.75, 3.05) is 20.1 Å². The second-order valence-corrected chi connectivity index (χ2v) is 5.89. The van der Waals surface area contributed by atoms with Crippen LogP contribution in [-0.2, 0) is 16.1 Å². The number of rotatable bonds is 4. The molecule has 132 valence electrons. The molecule has 8 heteroatoms. The molecule has 0 spiro atoms. The Morgan fingerprint density at radius 1 is 1.29 bits per heavy atom. The van der Waals surface area contributed by atoms with Gasteiger partial charge in [0.1, 0.15) is 6.10 Å². The number of nitrogens with zero attached hydrogens (tertiary/aromatic N) is 2. The Labute approximate surface area is 137 Å². The van der Waals surface area contributed by atoms with Crippen molar-refractivity contribution in [1.29, 1.82) is 0 Å². The number of aliphatic hydroxyl groups excluding tert-OH is 1. The average molecular weight is 344 g/mol. The predicted molar refractivity (Wildman–Crippen MR) is 79.2 cm³/mol. The number of likely N-dealkylation sites (N-methyl/N-ethyl adjacent to an activating group) is 1. The Hall–Kier alpha value is -2.09. The molecule has 1 atom stereocenters. The van der Waals surface area contributed by atoms with Gasteiger partial charge in [-0.1, -0.05) is 0 Å². The molecule has 1 aromatic rings. The summed E-state index contributed by atoms with van der Waals surface area (Å²) in [7, 11) is 1.42. The highest BCUT2D eigenvalue weighted by molar-refractivity contribution is 5.87. The summed E-state index contributed by atoms with van der Waals surface area (Å²) in [5, 5.41) is 9.67. The third-order valence-electron chi connectivity index (χ3n) is 3.97. The van der Waals surface area contributed by atoms with Gasteiger partial charge in [-0.15, -0.1) is 0 Å². The number of hydrogen-bond donors (Lipinski definition) is 1. The molecule has 24 heavy (non-hydrogen) atoms. The summed E-state index contributed by atoms with van der Waals surface area (Å²) in [5.41, 5.74) is 0.101. The third kappa shape index (κ3) is 4.25. The Balaban J connectivity index is 2.00. The van der Waals surface area contributed by atoms with E-state index in [0.29, 0.717) is 25.8 Å². The molecule has 1 aromatic carbocycles. The number of hydrogen-bond acceptors (Lipinski definition) is 3. The highest BCUT2D eigenvalue weighted by Gasteiger charge is 2.27. The van der Waals surface area contributed by atoms with Gasteiger partial charge < -0.3 is 14.9 Å². The van der Waals surface area contributed by atoms with Crippen molar-refractivity contribution in [2.45, 2.75) is 31.9 Å². The molecule has 1 heterocycles. The molecule has 0 aliphatic carbocycles. The molecule has 0 radical (unpaired) electrons. The van der Waals surface area contributed by atoms with E-state index in [4.69, 9.17) is 0 Å². The first-order valence-electron chi connectivity index (χ1n) is 7.64. The molecule has 1 saturated heterocycles. The van der Waals surface area contributed by atoms with Crippen molar-refractivity contribution >= 4 is 11.8 Å². The topological polar surface area (TPSA) is 60.9 Å². The molecule has 1 aliphatic rings. The maximum atomic E-state index is 13.2. The summed E-state index contributed by atoms with van der Waals surface area (Å²) in [6.07, 6.45) is 0.648. The predicted octanol–water partition coefficient (Wildman–Crippen LogP) is 1.44. The Bertz CT molecular complexity index is 616. The van der Waals surface area contributed by atoms with Crippen LogP contribution >= 0.6 is 0 Å². The van der Waals surface area contributed by atoms with Crippen LogP contribution in [0.25, 0.3) is 0 Å². The molecule has 5 nitrogen and oxygen atoms in total. The summed E-state index contributed by atoms with van der Waals surface area (Å²) < 4.78 is 39.3. The fourth-order valence-electron chi connectivity index (χ4n) is 2.59. The van der Waals surface area contributed by atoms with Crippen LogP contribution in [0.5, 0.6) is 0 Å². The van der Waals surface area contributed by atoms with Crippen molar-refractivity contribution in [2.24, 2.45) is 0 Å². The van der Waals surface area contributed by atoms with Gasteiger partial charge in [-0.25, -0.2) is 13.2 Å². The molecule has 0 aromatic heterocycles. The molecule has 1 aliphatic heterocycles. The number of carbonyl (C=O) groups excluding carboxylic acids is 2. The Morgan fingerprint density at radius 3 is 2.54 bits per heavy atom. The van der Waals surface area contributed by atoms with Gasteiger partial charge in [0.15, 0.2) is 17.5 Å². The summed E-state index contributed by atoms with van der Waals surface area (Å²) in [6.45, 7) is 0.0192. The zero-order chi connectivity index (χ0) is 17.9. The standard InChI is InChI=1S/C16H19F3N2O3/c1-20(8-10-6-11(17)15(19)12(18)7-10)14(23)9-21-5-3-2-4-13(22)16(21)24/h6-7,13,22H,2-5,8-9H2,1H3. The normalized spacial score (nSPS) is 18.5. The van der Waals surface area contributed by atoms with Crippen LogP contribution in [-0.4, -0.2) is 53.0 Å². The first-order valence-corrected chi connectivity index (χ1v) is 7.64. The monoisotopic (exact) mass is 344 g/mol. The minimum absolute atomic E-state index is 0.101. The smallest absolute Gasteiger partial charge is 0.251 e.